The third-order valence-electron chi connectivity index (χ3n) is 5.36. The first-order valence-corrected chi connectivity index (χ1v) is 12.5. The molecule has 182 valence electrons. The Bertz CT molecular complexity index is 1360. The number of carbonyl (C=O) groups excluding carboxylic acids is 1. The highest BCUT2D eigenvalue weighted by Gasteiger charge is 2.24. The van der Waals surface area contributed by atoms with Crippen LogP contribution in [0.25, 0.3) is 21.2 Å². The van der Waals surface area contributed by atoms with Crippen molar-refractivity contribution in [1.82, 2.24) is 35.2 Å². The smallest absolute Gasteiger partial charge is 0.327 e. The zero-order valence-corrected chi connectivity index (χ0v) is 21.0. The fraction of sp³-hybridized carbons (Fsp3) is 0.381. The maximum atomic E-state index is 13.6. The molecule has 0 radical (unpaired) electrons. The summed E-state index contributed by atoms with van der Waals surface area (Å²) in [5.74, 6) is 0.708. The highest BCUT2D eigenvalue weighted by atomic mass is 79.9. The molecule has 0 spiro atoms. The molecule has 4 aromatic rings. The van der Waals surface area contributed by atoms with Crippen molar-refractivity contribution in [3.05, 3.63) is 34.7 Å². The Kier molecular flexibility index (Phi) is 6.81. The Hall–Kier alpha value is -3.26. The first kappa shape index (κ1) is 23.5. The standard InChI is InChI=1S/C21H20BrFN8O3S/c1-2-33-17(32)11-31-18(27-28-29-31)20-25-15-10-24-21(26-19(15)35-20)30-7-5-13(6-8-30)34-16-9-12(23)3-4-14(16)22/h3-4,9-10,13H,2,5-8,11H2,1H3. The van der Waals surface area contributed by atoms with Gasteiger partial charge in [-0.2, -0.15) is 0 Å². The van der Waals surface area contributed by atoms with Gasteiger partial charge in [0.15, 0.2) is 5.01 Å². The highest BCUT2D eigenvalue weighted by Crippen LogP contribution is 2.31. The SMILES string of the molecule is CCOC(=O)Cn1nnnc1-c1nc2cnc(N3CCC(Oc4cc(F)ccc4Br)CC3)nc2s1. The van der Waals surface area contributed by atoms with Crippen LogP contribution in [0.1, 0.15) is 19.8 Å². The van der Waals surface area contributed by atoms with Crippen LogP contribution in [0.4, 0.5) is 10.3 Å². The lowest BCUT2D eigenvalue weighted by Crippen LogP contribution is -2.39. The largest absolute Gasteiger partial charge is 0.489 e. The van der Waals surface area contributed by atoms with E-state index in [1.54, 1.807) is 19.2 Å². The molecular formula is C21H20BrFN8O3S. The molecule has 3 aromatic heterocycles. The van der Waals surface area contributed by atoms with E-state index in [1.807, 2.05) is 0 Å². The quantitative estimate of drug-likeness (QED) is 0.310. The summed E-state index contributed by atoms with van der Waals surface area (Å²) in [4.78, 5) is 28.3. The number of halogens is 2. The maximum absolute atomic E-state index is 13.6. The Morgan fingerprint density at radius 2 is 2.11 bits per heavy atom. The molecule has 5 rings (SSSR count). The van der Waals surface area contributed by atoms with E-state index in [4.69, 9.17) is 9.47 Å². The van der Waals surface area contributed by atoms with Gasteiger partial charge in [-0.05, 0) is 45.4 Å². The predicted octanol–water partition coefficient (Wildman–Crippen LogP) is 3.25. The third kappa shape index (κ3) is 5.22. The molecule has 1 aliphatic heterocycles. The molecule has 1 aliphatic rings. The first-order valence-electron chi connectivity index (χ1n) is 10.9. The van der Waals surface area contributed by atoms with Gasteiger partial charge < -0.3 is 14.4 Å². The Morgan fingerprint density at radius 3 is 2.91 bits per heavy atom. The number of rotatable bonds is 7. The van der Waals surface area contributed by atoms with Crippen molar-refractivity contribution in [1.29, 1.82) is 0 Å². The fourth-order valence-corrected chi connectivity index (χ4v) is 4.92. The van der Waals surface area contributed by atoms with Gasteiger partial charge in [0, 0.05) is 32.0 Å². The van der Waals surface area contributed by atoms with Crippen LogP contribution in [-0.4, -0.2) is 66.9 Å². The van der Waals surface area contributed by atoms with Gasteiger partial charge in [0.05, 0.1) is 17.3 Å². The van der Waals surface area contributed by atoms with Crippen molar-refractivity contribution in [2.75, 3.05) is 24.6 Å². The number of esters is 1. The molecule has 0 atom stereocenters. The van der Waals surface area contributed by atoms with Crippen LogP contribution in [0.15, 0.2) is 28.9 Å². The number of aromatic nitrogens is 7. The number of fused-ring (bicyclic) bond motifs is 1. The summed E-state index contributed by atoms with van der Waals surface area (Å²) in [6.07, 6.45) is 3.15. The average molecular weight is 563 g/mol. The number of piperidine rings is 1. The second-order valence-electron chi connectivity index (χ2n) is 7.72. The number of hydrogen-bond acceptors (Lipinski definition) is 11. The molecule has 0 saturated carbocycles. The molecule has 0 amide bonds. The molecule has 35 heavy (non-hydrogen) atoms. The van der Waals surface area contributed by atoms with Crippen molar-refractivity contribution in [3.8, 4) is 16.6 Å². The summed E-state index contributed by atoms with van der Waals surface area (Å²) < 4.78 is 26.6. The van der Waals surface area contributed by atoms with Crippen LogP contribution in [0.3, 0.4) is 0 Å². The van der Waals surface area contributed by atoms with Gasteiger partial charge in [0.1, 0.15) is 34.6 Å². The van der Waals surface area contributed by atoms with Crippen molar-refractivity contribution in [3.63, 3.8) is 0 Å². The van der Waals surface area contributed by atoms with Crippen molar-refractivity contribution in [2.24, 2.45) is 0 Å². The van der Waals surface area contributed by atoms with E-state index in [0.29, 0.717) is 46.0 Å². The van der Waals surface area contributed by atoms with Crippen LogP contribution in [-0.2, 0) is 16.1 Å². The molecule has 0 unspecified atom stereocenters. The summed E-state index contributed by atoms with van der Waals surface area (Å²) in [5.41, 5.74) is 0.619. The third-order valence-corrected chi connectivity index (χ3v) is 6.97. The van der Waals surface area contributed by atoms with Crippen LogP contribution in [0.5, 0.6) is 5.75 Å². The van der Waals surface area contributed by atoms with Crippen LogP contribution in [0, 0.1) is 5.82 Å². The van der Waals surface area contributed by atoms with Gasteiger partial charge in [0.2, 0.25) is 11.8 Å². The molecule has 0 aliphatic carbocycles. The number of benzene rings is 1. The summed E-state index contributed by atoms with van der Waals surface area (Å²) in [6.45, 7) is 3.31. The molecular weight excluding hydrogens is 543 g/mol. The van der Waals surface area contributed by atoms with Crippen LogP contribution < -0.4 is 9.64 Å². The summed E-state index contributed by atoms with van der Waals surface area (Å²) in [5, 5.41) is 12.1. The zero-order chi connectivity index (χ0) is 24.4. The molecule has 0 N–H and O–H groups in total. The van der Waals surface area contributed by atoms with E-state index in [2.05, 4.69) is 51.3 Å². The van der Waals surface area contributed by atoms with E-state index in [1.165, 1.54) is 28.2 Å². The Balaban J connectivity index is 1.27. The predicted molar refractivity (Wildman–Crippen MR) is 129 cm³/mol. The van der Waals surface area contributed by atoms with Crippen molar-refractivity contribution >= 4 is 49.5 Å². The lowest BCUT2D eigenvalue weighted by Gasteiger charge is -2.32. The van der Waals surface area contributed by atoms with Crippen molar-refractivity contribution in [2.45, 2.75) is 32.4 Å². The number of anilines is 1. The number of thiazole rings is 1. The Morgan fingerprint density at radius 1 is 1.29 bits per heavy atom. The number of ether oxygens (including phenoxy) is 2. The van der Waals surface area contributed by atoms with Crippen LogP contribution >= 0.6 is 27.3 Å². The van der Waals surface area contributed by atoms with E-state index in [-0.39, 0.29) is 25.1 Å². The maximum Gasteiger partial charge on any atom is 0.327 e. The second kappa shape index (κ2) is 10.2. The molecule has 0 bridgehead atoms. The minimum Gasteiger partial charge on any atom is -0.489 e. The minimum atomic E-state index is -0.429. The number of tetrazole rings is 1. The van der Waals surface area contributed by atoms with Gasteiger partial charge >= 0.3 is 5.97 Å². The first-order chi connectivity index (χ1) is 17.0. The summed E-state index contributed by atoms with van der Waals surface area (Å²) in [7, 11) is 0. The lowest BCUT2D eigenvalue weighted by atomic mass is 10.1. The Labute approximate surface area is 211 Å². The molecule has 1 saturated heterocycles. The van der Waals surface area contributed by atoms with Crippen molar-refractivity contribution < 1.29 is 18.7 Å². The normalized spacial score (nSPS) is 14.4. The number of carbonyl (C=O) groups is 1. The average Bonchev–Trinajstić information content (AvgIpc) is 3.48. The fourth-order valence-electron chi connectivity index (χ4n) is 3.69. The number of hydrogen-bond donors (Lipinski definition) is 0. The molecule has 1 fully saturated rings. The number of nitrogens with zero attached hydrogens (tertiary/aromatic N) is 8. The van der Waals surface area contributed by atoms with Gasteiger partial charge in [-0.1, -0.05) is 11.3 Å². The van der Waals surface area contributed by atoms with Gasteiger partial charge in [-0.25, -0.2) is 24.0 Å². The highest BCUT2D eigenvalue weighted by molar-refractivity contribution is 9.10. The van der Waals surface area contributed by atoms with Gasteiger partial charge in [0.25, 0.3) is 0 Å². The molecule has 4 heterocycles. The molecule has 11 nitrogen and oxygen atoms in total. The second-order valence-corrected chi connectivity index (χ2v) is 9.56. The summed E-state index contributed by atoms with van der Waals surface area (Å²) in [6, 6.07) is 4.41. The topological polar surface area (TPSA) is 121 Å². The monoisotopic (exact) mass is 562 g/mol. The van der Waals surface area contributed by atoms with E-state index in [9.17, 15) is 9.18 Å². The van der Waals surface area contributed by atoms with Crippen LogP contribution in [0.2, 0.25) is 0 Å². The lowest BCUT2D eigenvalue weighted by molar-refractivity contribution is -0.144. The minimum absolute atomic E-state index is 0.0265. The van der Waals surface area contributed by atoms with E-state index in [0.717, 1.165) is 17.3 Å². The van der Waals surface area contributed by atoms with E-state index >= 15 is 0 Å². The van der Waals surface area contributed by atoms with E-state index < -0.39 is 5.97 Å². The molecule has 1 aromatic carbocycles. The zero-order valence-electron chi connectivity index (χ0n) is 18.6. The summed E-state index contributed by atoms with van der Waals surface area (Å²) >= 11 is 4.73. The van der Waals surface area contributed by atoms with Gasteiger partial charge in [-0.15, -0.1) is 5.10 Å². The van der Waals surface area contributed by atoms with Gasteiger partial charge in [-0.3, -0.25) is 4.79 Å². The molecule has 14 heteroatoms.